The summed E-state index contributed by atoms with van der Waals surface area (Å²) in [5.41, 5.74) is 0. The molecule has 6 nitrogen and oxygen atoms in total. The lowest BCUT2D eigenvalue weighted by Gasteiger charge is -2.42. The first-order valence-corrected chi connectivity index (χ1v) is 7.74. The zero-order valence-electron chi connectivity index (χ0n) is 12.9. The molecule has 1 heterocycles. The van der Waals surface area contributed by atoms with E-state index < -0.39 is 24.6 Å². The molecular weight excluding hydrogens is 276 g/mol. The number of hydrogen-bond acceptors (Lipinski definition) is 6. The Kier molecular flexibility index (Phi) is 8.36. The van der Waals surface area contributed by atoms with Crippen molar-refractivity contribution in [2.45, 2.75) is 70.6 Å². The Hall–Kier alpha value is -0.530. The van der Waals surface area contributed by atoms with Gasteiger partial charge in [-0.3, -0.25) is 0 Å². The maximum absolute atomic E-state index is 10.9. The summed E-state index contributed by atoms with van der Waals surface area (Å²) in [6.45, 7) is 3.62. The number of rotatable bonds is 9. The molecule has 5 atom stereocenters. The van der Waals surface area contributed by atoms with E-state index in [1.54, 1.807) is 6.92 Å². The van der Waals surface area contributed by atoms with Gasteiger partial charge in [-0.1, -0.05) is 13.3 Å². The van der Waals surface area contributed by atoms with Gasteiger partial charge in [-0.2, -0.15) is 0 Å². The molecule has 0 aromatic carbocycles. The third-order valence-electron chi connectivity index (χ3n) is 3.84. The first kappa shape index (κ1) is 18.5. The van der Waals surface area contributed by atoms with Crippen LogP contribution in [0.1, 0.15) is 46.0 Å². The molecule has 0 aliphatic carbocycles. The lowest BCUT2D eigenvalue weighted by Crippen LogP contribution is -2.56. The number of unbranched alkanes of at least 4 members (excludes halogenated alkanes) is 1. The molecule has 0 amide bonds. The summed E-state index contributed by atoms with van der Waals surface area (Å²) in [7, 11) is 0. The second kappa shape index (κ2) is 9.48. The van der Waals surface area contributed by atoms with Crippen molar-refractivity contribution >= 4 is 5.78 Å². The van der Waals surface area contributed by atoms with Gasteiger partial charge in [0.25, 0.3) is 0 Å². The molecule has 5 unspecified atom stereocenters. The first-order chi connectivity index (χ1) is 10.0. The van der Waals surface area contributed by atoms with Gasteiger partial charge in [0.2, 0.25) is 0 Å². The van der Waals surface area contributed by atoms with Gasteiger partial charge >= 0.3 is 0 Å². The number of ketones is 1. The monoisotopic (exact) mass is 304 g/mol. The van der Waals surface area contributed by atoms with Gasteiger partial charge in [0.15, 0.2) is 6.29 Å². The van der Waals surface area contributed by atoms with E-state index in [9.17, 15) is 20.1 Å². The molecule has 3 N–H and O–H groups in total. The maximum atomic E-state index is 10.9. The zero-order valence-corrected chi connectivity index (χ0v) is 12.9. The van der Waals surface area contributed by atoms with Crippen LogP contribution < -0.4 is 0 Å². The highest BCUT2D eigenvalue weighted by Gasteiger charge is 2.44. The molecule has 0 aromatic heterocycles. The normalized spacial score (nSPS) is 33.1. The number of hydrogen-bond donors (Lipinski definition) is 3. The van der Waals surface area contributed by atoms with E-state index in [1.165, 1.54) is 0 Å². The van der Waals surface area contributed by atoms with Gasteiger partial charge < -0.3 is 29.6 Å². The van der Waals surface area contributed by atoms with Crippen molar-refractivity contribution in [1.82, 2.24) is 0 Å². The minimum Gasteiger partial charge on any atom is -0.394 e. The van der Waals surface area contributed by atoms with Gasteiger partial charge in [0, 0.05) is 18.9 Å². The van der Waals surface area contributed by atoms with E-state index >= 15 is 0 Å². The molecule has 0 saturated carbocycles. The van der Waals surface area contributed by atoms with Crippen LogP contribution in [-0.4, -0.2) is 58.9 Å². The number of carbonyl (C=O) groups is 1. The first-order valence-electron chi connectivity index (χ1n) is 7.74. The van der Waals surface area contributed by atoms with Crippen molar-refractivity contribution in [1.29, 1.82) is 0 Å². The average Bonchev–Trinajstić information content (AvgIpc) is 2.45. The number of aliphatic hydroxyl groups excluding tert-OH is 3. The highest BCUT2D eigenvalue weighted by atomic mass is 16.7. The van der Waals surface area contributed by atoms with Crippen LogP contribution in [0.5, 0.6) is 0 Å². The lowest BCUT2D eigenvalue weighted by atomic mass is 9.87. The van der Waals surface area contributed by atoms with E-state index in [1.807, 2.05) is 6.92 Å². The molecule has 1 aliphatic rings. The van der Waals surface area contributed by atoms with E-state index in [4.69, 9.17) is 9.47 Å². The van der Waals surface area contributed by atoms with Crippen molar-refractivity contribution in [2.75, 3.05) is 13.2 Å². The van der Waals surface area contributed by atoms with E-state index in [0.29, 0.717) is 19.4 Å². The molecule has 0 radical (unpaired) electrons. The fourth-order valence-corrected chi connectivity index (χ4v) is 2.62. The summed E-state index contributed by atoms with van der Waals surface area (Å²) in [6.07, 6.45) is 0.0413. The minimum absolute atomic E-state index is 0.159. The number of Topliss-reactive ketones (excluding diaryl/α,β-unsaturated/α-hetero) is 1. The summed E-state index contributed by atoms with van der Waals surface area (Å²) in [4.78, 5) is 10.9. The quantitative estimate of drug-likeness (QED) is 0.540. The number of carbonyl (C=O) groups excluding carboxylic acids is 1. The van der Waals surface area contributed by atoms with Gasteiger partial charge in [0.1, 0.15) is 18.0 Å². The Morgan fingerprint density at radius 3 is 2.52 bits per heavy atom. The van der Waals surface area contributed by atoms with Gasteiger partial charge in [-0.25, -0.2) is 0 Å². The SMILES string of the molecule is CCCC1C(OCCCCC(C)=O)OC(CO)C(O)C1O. The molecule has 21 heavy (non-hydrogen) atoms. The molecule has 1 saturated heterocycles. The van der Waals surface area contributed by atoms with Crippen LogP contribution in [0.4, 0.5) is 0 Å². The molecule has 1 rings (SSSR count). The summed E-state index contributed by atoms with van der Waals surface area (Å²) < 4.78 is 11.2. The van der Waals surface area contributed by atoms with Crippen LogP contribution in [0.25, 0.3) is 0 Å². The van der Waals surface area contributed by atoms with Crippen molar-refractivity contribution in [3.05, 3.63) is 0 Å². The van der Waals surface area contributed by atoms with Crippen LogP contribution in [0, 0.1) is 5.92 Å². The Balaban J connectivity index is 2.48. The third kappa shape index (κ3) is 5.64. The summed E-state index contributed by atoms with van der Waals surface area (Å²) >= 11 is 0. The van der Waals surface area contributed by atoms with Gasteiger partial charge in [-0.15, -0.1) is 0 Å². The molecule has 6 heteroatoms. The zero-order chi connectivity index (χ0) is 15.8. The molecule has 1 aliphatic heterocycles. The summed E-state index contributed by atoms with van der Waals surface area (Å²) in [6, 6.07) is 0. The third-order valence-corrected chi connectivity index (χ3v) is 3.84. The lowest BCUT2D eigenvalue weighted by molar-refractivity contribution is -0.286. The second-order valence-corrected chi connectivity index (χ2v) is 5.69. The van der Waals surface area contributed by atoms with E-state index in [2.05, 4.69) is 0 Å². The molecular formula is C15H28O6. The maximum Gasteiger partial charge on any atom is 0.163 e. The smallest absolute Gasteiger partial charge is 0.163 e. The van der Waals surface area contributed by atoms with Crippen molar-refractivity contribution in [2.24, 2.45) is 5.92 Å². The second-order valence-electron chi connectivity index (χ2n) is 5.69. The van der Waals surface area contributed by atoms with Crippen LogP contribution in [-0.2, 0) is 14.3 Å². The van der Waals surface area contributed by atoms with Crippen molar-refractivity contribution in [3.63, 3.8) is 0 Å². The minimum atomic E-state index is -1.09. The Labute approximate surface area is 126 Å². The standard InChI is InChI=1S/C15H28O6/c1-3-6-11-13(18)14(19)12(9-16)21-15(11)20-8-5-4-7-10(2)17/h11-16,18-19H,3-9H2,1-2H3. The fourth-order valence-electron chi connectivity index (χ4n) is 2.62. The Morgan fingerprint density at radius 1 is 1.24 bits per heavy atom. The molecule has 0 bridgehead atoms. The van der Waals surface area contributed by atoms with Crippen LogP contribution in [0.2, 0.25) is 0 Å². The average molecular weight is 304 g/mol. The van der Waals surface area contributed by atoms with Crippen LogP contribution in [0.15, 0.2) is 0 Å². The molecule has 1 fully saturated rings. The number of ether oxygens (including phenoxy) is 2. The predicted octanol–water partition coefficient (Wildman–Crippen LogP) is 0.618. The summed E-state index contributed by atoms with van der Waals surface area (Å²) in [5, 5.41) is 29.2. The van der Waals surface area contributed by atoms with E-state index in [-0.39, 0.29) is 18.3 Å². The molecule has 0 spiro atoms. The highest BCUT2D eigenvalue weighted by molar-refractivity contribution is 5.75. The highest BCUT2D eigenvalue weighted by Crippen LogP contribution is 2.30. The fraction of sp³-hybridized carbons (Fsp3) is 0.933. The number of aliphatic hydroxyl groups is 3. The van der Waals surface area contributed by atoms with Crippen molar-refractivity contribution in [3.8, 4) is 0 Å². The van der Waals surface area contributed by atoms with E-state index in [0.717, 1.165) is 19.3 Å². The Morgan fingerprint density at radius 2 is 1.95 bits per heavy atom. The van der Waals surface area contributed by atoms with Gasteiger partial charge in [-0.05, 0) is 26.2 Å². The molecule has 0 aromatic rings. The topological polar surface area (TPSA) is 96.2 Å². The Bertz CT molecular complexity index is 309. The molecule has 124 valence electrons. The van der Waals surface area contributed by atoms with Crippen LogP contribution >= 0.6 is 0 Å². The van der Waals surface area contributed by atoms with Crippen molar-refractivity contribution < 1.29 is 29.6 Å². The summed E-state index contributed by atoms with van der Waals surface area (Å²) in [5.74, 6) is -0.146. The predicted molar refractivity (Wildman–Crippen MR) is 76.6 cm³/mol. The van der Waals surface area contributed by atoms with Gasteiger partial charge in [0.05, 0.1) is 12.7 Å². The van der Waals surface area contributed by atoms with Crippen LogP contribution in [0.3, 0.4) is 0 Å². The largest absolute Gasteiger partial charge is 0.394 e.